The van der Waals surface area contributed by atoms with Crippen LogP contribution in [0.3, 0.4) is 0 Å². The van der Waals surface area contributed by atoms with Gasteiger partial charge in [-0.2, -0.15) is 0 Å². The number of alkyl halides is 1. The maximum absolute atomic E-state index is 11.2. The highest BCUT2D eigenvalue weighted by Gasteiger charge is 2.13. The Bertz CT molecular complexity index is 175. The van der Waals surface area contributed by atoms with Crippen molar-refractivity contribution < 1.29 is 4.57 Å². The SMILES string of the molecule is C[P@@](=O)(CCl)CSC(=N)N. The number of hydrogen-bond acceptors (Lipinski definition) is 3. The van der Waals surface area contributed by atoms with Crippen LogP contribution >= 0.6 is 30.5 Å². The average Bonchev–Trinajstić information content (AvgIpc) is 1.85. The summed E-state index contributed by atoms with van der Waals surface area (Å²) in [5.41, 5.74) is 5.56. The van der Waals surface area contributed by atoms with Gasteiger partial charge in [-0.05, 0) is 6.66 Å². The van der Waals surface area contributed by atoms with Crippen molar-refractivity contribution in [1.29, 1.82) is 5.41 Å². The molecule has 0 aromatic carbocycles. The van der Waals surface area contributed by atoms with Gasteiger partial charge in [0.05, 0.1) is 11.1 Å². The summed E-state index contributed by atoms with van der Waals surface area (Å²) in [4.78, 5) is 0. The summed E-state index contributed by atoms with van der Waals surface area (Å²) in [5.74, 6) is 0. The third kappa shape index (κ3) is 5.15. The molecule has 0 radical (unpaired) electrons. The van der Waals surface area contributed by atoms with Crippen LogP contribution in [0.4, 0.5) is 0 Å². The fourth-order valence-electron chi connectivity index (χ4n) is 0.241. The quantitative estimate of drug-likeness (QED) is 0.316. The summed E-state index contributed by atoms with van der Waals surface area (Å²) in [7, 11) is -2.22. The molecule has 0 aliphatic rings. The molecule has 60 valence electrons. The first kappa shape index (κ1) is 10.3. The summed E-state index contributed by atoms with van der Waals surface area (Å²) >= 11 is 6.47. The van der Waals surface area contributed by atoms with Gasteiger partial charge >= 0.3 is 0 Å². The lowest BCUT2D eigenvalue weighted by molar-refractivity contribution is 0.584. The standard InChI is InChI=1S/C4H10ClN2OPS/c1-9(8,2-5)3-10-4(6)7/h2-3H2,1H3,(H3,6,7)/t9-/m1/s1. The summed E-state index contributed by atoms with van der Waals surface area (Å²) in [5, 5.41) is 6.82. The van der Waals surface area contributed by atoms with Gasteiger partial charge in [0.2, 0.25) is 0 Å². The van der Waals surface area contributed by atoms with E-state index >= 15 is 0 Å². The van der Waals surface area contributed by atoms with Crippen molar-refractivity contribution in [3.05, 3.63) is 0 Å². The maximum atomic E-state index is 11.2. The van der Waals surface area contributed by atoms with Crippen LogP contribution in [0.15, 0.2) is 0 Å². The van der Waals surface area contributed by atoms with Crippen LogP contribution in [0.1, 0.15) is 0 Å². The molecular formula is C4H10ClN2OPS. The van der Waals surface area contributed by atoms with Crippen LogP contribution in [0.2, 0.25) is 0 Å². The highest BCUT2D eigenvalue weighted by Crippen LogP contribution is 2.45. The largest absolute Gasteiger partial charge is 0.379 e. The molecule has 1 atom stereocenters. The second-order valence-corrected chi connectivity index (χ2v) is 7.37. The molecule has 0 saturated carbocycles. The number of amidine groups is 1. The van der Waals surface area contributed by atoms with Gasteiger partial charge in [-0.25, -0.2) is 0 Å². The van der Waals surface area contributed by atoms with Crippen LogP contribution in [-0.4, -0.2) is 22.9 Å². The Balaban J connectivity index is 3.68. The van der Waals surface area contributed by atoms with Gasteiger partial charge in [0.25, 0.3) is 0 Å². The van der Waals surface area contributed by atoms with Gasteiger partial charge in [0.15, 0.2) is 5.17 Å². The normalized spacial score (nSPS) is 16.2. The molecule has 0 unspecified atom stereocenters. The monoisotopic (exact) mass is 200 g/mol. The van der Waals surface area contributed by atoms with E-state index in [0.29, 0.717) is 5.49 Å². The number of thioether (sulfide) groups is 1. The van der Waals surface area contributed by atoms with Crippen molar-refractivity contribution in [2.75, 3.05) is 17.8 Å². The first-order valence-electron chi connectivity index (χ1n) is 2.56. The van der Waals surface area contributed by atoms with Crippen LogP contribution in [0.5, 0.6) is 0 Å². The molecule has 0 rings (SSSR count). The molecule has 0 aliphatic heterocycles. The molecule has 0 saturated heterocycles. The van der Waals surface area contributed by atoms with E-state index in [4.69, 9.17) is 22.7 Å². The van der Waals surface area contributed by atoms with E-state index in [0.717, 1.165) is 11.8 Å². The van der Waals surface area contributed by atoms with E-state index in [1.165, 1.54) is 0 Å². The van der Waals surface area contributed by atoms with Crippen LogP contribution in [0.25, 0.3) is 0 Å². The van der Waals surface area contributed by atoms with Crippen molar-refractivity contribution >= 4 is 35.7 Å². The van der Waals surface area contributed by atoms with Crippen LogP contribution in [0, 0.1) is 5.41 Å². The molecule has 0 amide bonds. The lowest BCUT2D eigenvalue weighted by Gasteiger charge is -2.06. The summed E-state index contributed by atoms with van der Waals surface area (Å²) in [6.07, 6.45) is 0. The maximum Gasteiger partial charge on any atom is 0.151 e. The lowest BCUT2D eigenvalue weighted by Crippen LogP contribution is -2.04. The van der Waals surface area contributed by atoms with Crippen molar-refractivity contribution in [2.45, 2.75) is 0 Å². The first-order chi connectivity index (χ1) is 4.48. The zero-order valence-electron chi connectivity index (χ0n) is 5.63. The molecule has 0 aromatic rings. The molecule has 10 heavy (non-hydrogen) atoms. The summed E-state index contributed by atoms with van der Waals surface area (Å²) in [6.45, 7) is 1.61. The predicted octanol–water partition coefficient (Wildman–Crippen LogP) is 1.76. The van der Waals surface area contributed by atoms with Crippen molar-refractivity contribution in [3.8, 4) is 0 Å². The number of hydrogen-bond donors (Lipinski definition) is 2. The summed E-state index contributed by atoms with van der Waals surface area (Å²) in [6, 6.07) is 0. The number of nitrogens with one attached hydrogen (secondary N) is 1. The van der Waals surface area contributed by atoms with Gasteiger partial charge < -0.3 is 10.3 Å². The molecule has 6 heteroatoms. The molecule has 0 bridgehead atoms. The average molecular weight is 201 g/mol. The van der Waals surface area contributed by atoms with E-state index in [9.17, 15) is 4.57 Å². The minimum Gasteiger partial charge on any atom is -0.379 e. The second kappa shape index (κ2) is 4.27. The van der Waals surface area contributed by atoms with Crippen LogP contribution in [-0.2, 0) is 4.57 Å². The van der Waals surface area contributed by atoms with E-state index in [-0.39, 0.29) is 10.8 Å². The third-order valence-corrected chi connectivity index (χ3v) is 5.78. The highest BCUT2D eigenvalue weighted by atomic mass is 35.5. The Morgan fingerprint density at radius 1 is 1.90 bits per heavy atom. The molecular weight excluding hydrogens is 191 g/mol. The van der Waals surface area contributed by atoms with Gasteiger partial charge in [-0.3, -0.25) is 5.41 Å². The minimum absolute atomic E-state index is 0.00723. The third-order valence-electron chi connectivity index (χ3n) is 0.746. The molecule has 3 N–H and O–H groups in total. The fourth-order valence-corrected chi connectivity index (χ4v) is 2.79. The minimum atomic E-state index is -2.22. The second-order valence-electron chi connectivity index (χ2n) is 2.05. The summed E-state index contributed by atoms with van der Waals surface area (Å²) < 4.78 is 11.2. The Kier molecular flexibility index (Phi) is 4.41. The van der Waals surface area contributed by atoms with Crippen LogP contribution < -0.4 is 5.73 Å². The zero-order valence-corrected chi connectivity index (χ0v) is 8.10. The van der Waals surface area contributed by atoms with Crippen molar-refractivity contribution in [3.63, 3.8) is 0 Å². The van der Waals surface area contributed by atoms with E-state index in [1.54, 1.807) is 6.66 Å². The van der Waals surface area contributed by atoms with E-state index in [1.807, 2.05) is 0 Å². The topological polar surface area (TPSA) is 66.9 Å². The zero-order chi connectivity index (χ0) is 8.20. The van der Waals surface area contributed by atoms with E-state index < -0.39 is 7.14 Å². The van der Waals surface area contributed by atoms with Gasteiger partial charge in [0, 0.05) is 0 Å². The molecule has 0 aromatic heterocycles. The van der Waals surface area contributed by atoms with Crippen molar-refractivity contribution in [1.82, 2.24) is 0 Å². The Morgan fingerprint density at radius 3 is 2.70 bits per heavy atom. The van der Waals surface area contributed by atoms with Gasteiger partial charge in [-0.1, -0.05) is 11.8 Å². The smallest absolute Gasteiger partial charge is 0.151 e. The molecule has 3 nitrogen and oxygen atoms in total. The Hall–Kier alpha value is 0.340. The number of rotatable bonds is 3. The fraction of sp³-hybridized carbons (Fsp3) is 0.750. The predicted molar refractivity (Wildman–Crippen MR) is 48.6 cm³/mol. The molecule has 0 heterocycles. The van der Waals surface area contributed by atoms with Gasteiger partial charge in [0.1, 0.15) is 7.14 Å². The Morgan fingerprint density at radius 2 is 2.40 bits per heavy atom. The van der Waals surface area contributed by atoms with Crippen molar-refractivity contribution in [2.24, 2.45) is 5.73 Å². The number of nitrogens with two attached hydrogens (primary N) is 1. The molecule has 0 aliphatic carbocycles. The van der Waals surface area contributed by atoms with E-state index in [2.05, 4.69) is 0 Å². The van der Waals surface area contributed by atoms with Gasteiger partial charge in [-0.15, -0.1) is 11.6 Å². The number of halogens is 1. The molecule has 0 spiro atoms. The Labute approximate surface area is 69.6 Å². The molecule has 0 fully saturated rings. The highest BCUT2D eigenvalue weighted by molar-refractivity contribution is 8.17. The first-order valence-corrected chi connectivity index (χ1v) is 6.61. The lowest BCUT2D eigenvalue weighted by atomic mass is 11.4.